The van der Waals surface area contributed by atoms with Crippen LogP contribution in [-0.4, -0.2) is 25.5 Å². The van der Waals surface area contributed by atoms with Gasteiger partial charge in [-0.15, -0.1) is 21.5 Å². The fourth-order valence-corrected chi connectivity index (χ4v) is 5.62. The van der Waals surface area contributed by atoms with Crippen molar-refractivity contribution < 1.29 is 9.53 Å². The lowest BCUT2D eigenvalue weighted by molar-refractivity contribution is 0.102. The Kier molecular flexibility index (Phi) is 6.38. The molecule has 1 amide bonds. The molecule has 0 unspecified atom stereocenters. The Morgan fingerprint density at radius 1 is 1.12 bits per heavy atom. The van der Waals surface area contributed by atoms with Crippen LogP contribution < -0.4 is 10.1 Å². The maximum atomic E-state index is 12.6. The molecule has 33 heavy (non-hydrogen) atoms. The Hall–Kier alpha value is -3.21. The number of fused-ring (bicyclic) bond motifs is 1. The molecule has 0 fully saturated rings. The second-order valence-electron chi connectivity index (χ2n) is 7.21. The van der Waals surface area contributed by atoms with Gasteiger partial charge in [-0.25, -0.2) is 4.98 Å². The highest BCUT2D eigenvalue weighted by atomic mass is 32.2. The first kappa shape index (κ1) is 21.6. The third kappa shape index (κ3) is 5.41. The van der Waals surface area contributed by atoms with E-state index in [1.807, 2.05) is 41.9 Å². The molecule has 10 heteroatoms. The van der Waals surface area contributed by atoms with Crippen LogP contribution >= 0.6 is 34.4 Å². The normalized spacial score (nSPS) is 11.1. The zero-order valence-electron chi connectivity index (χ0n) is 17.6. The van der Waals surface area contributed by atoms with Crippen molar-refractivity contribution in [1.29, 1.82) is 0 Å². The van der Waals surface area contributed by atoms with Crippen LogP contribution in [0.15, 0.2) is 70.6 Å². The van der Waals surface area contributed by atoms with E-state index in [0.29, 0.717) is 23.1 Å². The second kappa shape index (κ2) is 9.74. The van der Waals surface area contributed by atoms with Crippen LogP contribution in [0.2, 0.25) is 0 Å². The minimum absolute atomic E-state index is 0.233. The maximum Gasteiger partial charge on any atom is 0.257 e. The average molecular weight is 494 g/mol. The standard InChI is InChI=1S/C23H19N5O2S3/c1-15-4-9-20-24-17(12-28(20)11-15)13-30-18-7-5-16(6-8-18)21(29)25-22-26-27-23(33-22)32-14-19-3-2-10-31-19/h2-12H,13-14H2,1H3,(H,25,26,29). The molecule has 4 heterocycles. The Labute approximate surface area is 202 Å². The zero-order chi connectivity index (χ0) is 22.6. The number of pyridine rings is 1. The van der Waals surface area contributed by atoms with Crippen LogP contribution in [0.5, 0.6) is 5.75 Å². The molecule has 1 aromatic carbocycles. The van der Waals surface area contributed by atoms with Gasteiger partial charge in [-0.2, -0.15) is 0 Å². The minimum Gasteiger partial charge on any atom is -0.487 e. The van der Waals surface area contributed by atoms with Crippen LogP contribution in [0.4, 0.5) is 5.13 Å². The van der Waals surface area contributed by atoms with Crippen LogP contribution in [-0.2, 0) is 12.4 Å². The summed E-state index contributed by atoms with van der Waals surface area (Å²) in [5, 5.41) is 13.6. The SMILES string of the molecule is Cc1ccc2nc(COc3ccc(C(=O)Nc4nnc(SCc5cccs5)s4)cc3)cn2c1. The number of nitrogens with zero attached hydrogens (tertiary/aromatic N) is 4. The molecule has 0 aliphatic rings. The lowest BCUT2D eigenvalue weighted by Crippen LogP contribution is -2.11. The predicted molar refractivity (Wildman–Crippen MR) is 132 cm³/mol. The summed E-state index contributed by atoms with van der Waals surface area (Å²) in [7, 11) is 0. The summed E-state index contributed by atoms with van der Waals surface area (Å²) in [6.45, 7) is 2.39. The molecule has 166 valence electrons. The van der Waals surface area contributed by atoms with E-state index in [2.05, 4.69) is 31.9 Å². The molecule has 0 aliphatic carbocycles. The van der Waals surface area contributed by atoms with Crippen LogP contribution in [0.25, 0.3) is 5.65 Å². The fourth-order valence-electron chi connectivity index (χ4n) is 3.10. The number of carbonyl (C=O) groups is 1. The molecule has 0 bridgehead atoms. The van der Waals surface area contributed by atoms with Gasteiger partial charge in [-0.05, 0) is 54.3 Å². The summed E-state index contributed by atoms with van der Waals surface area (Å²) in [4.78, 5) is 18.4. The van der Waals surface area contributed by atoms with Gasteiger partial charge in [0, 0.05) is 28.6 Å². The third-order valence-corrected chi connectivity index (χ3v) is 7.78. The van der Waals surface area contributed by atoms with Crippen molar-refractivity contribution >= 4 is 51.1 Å². The number of benzene rings is 1. The Morgan fingerprint density at radius 3 is 2.82 bits per heavy atom. The maximum absolute atomic E-state index is 12.6. The number of imidazole rings is 1. The monoisotopic (exact) mass is 493 g/mol. The number of anilines is 1. The number of hydrogen-bond donors (Lipinski definition) is 1. The number of nitrogens with one attached hydrogen (secondary N) is 1. The molecular formula is C23H19N5O2S3. The summed E-state index contributed by atoms with van der Waals surface area (Å²) in [5.74, 6) is 1.28. The molecule has 0 saturated heterocycles. The summed E-state index contributed by atoms with van der Waals surface area (Å²) >= 11 is 4.69. The molecule has 5 aromatic rings. The minimum atomic E-state index is -0.233. The Bertz CT molecular complexity index is 1380. The van der Waals surface area contributed by atoms with E-state index in [1.54, 1.807) is 47.4 Å². The van der Waals surface area contributed by atoms with E-state index >= 15 is 0 Å². The highest BCUT2D eigenvalue weighted by Gasteiger charge is 2.11. The molecular weight excluding hydrogens is 474 g/mol. The van der Waals surface area contributed by atoms with Gasteiger partial charge in [0.2, 0.25) is 5.13 Å². The first-order chi connectivity index (χ1) is 16.1. The van der Waals surface area contributed by atoms with Gasteiger partial charge in [0.25, 0.3) is 5.91 Å². The first-order valence-corrected chi connectivity index (χ1v) is 12.8. The van der Waals surface area contributed by atoms with Crippen LogP contribution in [0.1, 0.15) is 26.5 Å². The highest BCUT2D eigenvalue weighted by Crippen LogP contribution is 2.29. The average Bonchev–Trinajstić information content (AvgIpc) is 3.57. The van der Waals surface area contributed by atoms with Crippen molar-refractivity contribution in [3.8, 4) is 5.75 Å². The lowest BCUT2D eigenvalue weighted by atomic mass is 10.2. The van der Waals surface area contributed by atoms with Crippen molar-refractivity contribution in [1.82, 2.24) is 19.6 Å². The van der Waals surface area contributed by atoms with E-state index in [0.717, 1.165) is 21.4 Å². The van der Waals surface area contributed by atoms with Gasteiger partial charge < -0.3 is 9.14 Å². The summed E-state index contributed by atoms with van der Waals surface area (Å²) in [6.07, 6.45) is 3.99. The summed E-state index contributed by atoms with van der Waals surface area (Å²) < 4.78 is 8.65. The van der Waals surface area contributed by atoms with Gasteiger partial charge in [0.1, 0.15) is 18.0 Å². The zero-order valence-corrected chi connectivity index (χ0v) is 20.0. The van der Waals surface area contributed by atoms with Gasteiger partial charge in [-0.3, -0.25) is 10.1 Å². The van der Waals surface area contributed by atoms with Crippen molar-refractivity contribution in [3.63, 3.8) is 0 Å². The van der Waals surface area contributed by atoms with Gasteiger partial charge in [0.15, 0.2) is 4.34 Å². The number of thioether (sulfide) groups is 1. The molecule has 0 radical (unpaired) electrons. The smallest absolute Gasteiger partial charge is 0.257 e. The van der Waals surface area contributed by atoms with Crippen molar-refractivity contribution in [2.24, 2.45) is 0 Å². The Balaban J connectivity index is 1.14. The highest BCUT2D eigenvalue weighted by molar-refractivity contribution is 8.00. The topological polar surface area (TPSA) is 81.4 Å². The van der Waals surface area contributed by atoms with Gasteiger partial charge >= 0.3 is 0 Å². The molecule has 7 nitrogen and oxygen atoms in total. The predicted octanol–water partition coefficient (Wildman–Crippen LogP) is 5.68. The van der Waals surface area contributed by atoms with E-state index in [-0.39, 0.29) is 5.91 Å². The Morgan fingerprint density at radius 2 is 2.00 bits per heavy atom. The first-order valence-electron chi connectivity index (χ1n) is 10.1. The lowest BCUT2D eigenvalue weighted by Gasteiger charge is -2.05. The second-order valence-corrected chi connectivity index (χ2v) is 10.4. The van der Waals surface area contributed by atoms with E-state index in [1.165, 1.54) is 21.8 Å². The van der Waals surface area contributed by atoms with Crippen molar-refractivity contribution in [3.05, 3.63) is 88.0 Å². The molecule has 0 aliphatic heterocycles. The van der Waals surface area contributed by atoms with Crippen molar-refractivity contribution in [2.45, 2.75) is 23.6 Å². The van der Waals surface area contributed by atoms with E-state index in [9.17, 15) is 4.79 Å². The van der Waals surface area contributed by atoms with Crippen LogP contribution in [0.3, 0.4) is 0 Å². The number of ether oxygens (including phenoxy) is 1. The number of hydrogen-bond acceptors (Lipinski definition) is 8. The summed E-state index contributed by atoms with van der Waals surface area (Å²) in [6, 6.07) is 15.1. The molecule has 1 N–H and O–H groups in total. The fraction of sp³-hybridized carbons (Fsp3) is 0.130. The third-order valence-electron chi connectivity index (χ3n) is 4.70. The number of aryl methyl sites for hydroxylation is 1. The number of aromatic nitrogens is 4. The molecule has 5 rings (SSSR count). The summed E-state index contributed by atoms with van der Waals surface area (Å²) in [5.41, 5.74) is 3.42. The molecule has 0 atom stereocenters. The molecule has 0 spiro atoms. The number of carbonyl (C=O) groups excluding carboxylic acids is 1. The van der Waals surface area contributed by atoms with E-state index < -0.39 is 0 Å². The largest absolute Gasteiger partial charge is 0.487 e. The van der Waals surface area contributed by atoms with Crippen molar-refractivity contribution in [2.75, 3.05) is 5.32 Å². The number of rotatable bonds is 8. The number of amides is 1. The van der Waals surface area contributed by atoms with Gasteiger partial charge in [-0.1, -0.05) is 35.2 Å². The molecule has 4 aromatic heterocycles. The van der Waals surface area contributed by atoms with Crippen LogP contribution in [0, 0.1) is 6.92 Å². The quantitative estimate of drug-likeness (QED) is 0.221. The van der Waals surface area contributed by atoms with Gasteiger partial charge in [0.05, 0.1) is 5.69 Å². The molecule has 0 saturated carbocycles. The van der Waals surface area contributed by atoms with E-state index in [4.69, 9.17) is 4.74 Å². The number of thiophene rings is 1.